The first-order valence-corrected chi connectivity index (χ1v) is 7.24. The number of hydrogen-bond acceptors (Lipinski definition) is 2. The van der Waals surface area contributed by atoms with E-state index in [4.69, 9.17) is 0 Å². The first-order chi connectivity index (χ1) is 7.30. The lowest BCUT2D eigenvalue weighted by Crippen LogP contribution is -2.50. The van der Waals surface area contributed by atoms with E-state index in [0.717, 1.165) is 30.1 Å². The van der Waals surface area contributed by atoms with Gasteiger partial charge >= 0.3 is 0 Å². The molecule has 0 aliphatic heterocycles. The SMILES string of the molecule is SCCNCC12CC3CC(CC(C3)C1)C2. The Labute approximate surface area is 98.8 Å². The van der Waals surface area contributed by atoms with Gasteiger partial charge in [-0.2, -0.15) is 12.6 Å². The monoisotopic (exact) mass is 225 g/mol. The standard InChI is InChI=1S/C13H23NS/c15-2-1-14-9-13-6-10-3-11(7-13)5-12(4-10)8-13/h10-12,14-15H,1-9H2. The molecule has 0 aromatic carbocycles. The highest BCUT2D eigenvalue weighted by atomic mass is 32.1. The van der Waals surface area contributed by atoms with E-state index in [0.29, 0.717) is 5.41 Å². The molecule has 4 aliphatic rings. The third-order valence-electron chi connectivity index (χ3n) is 4.95. The summed E-state index contributed by atoms with van der Waals surface area (Å²) in [5.41, 5.74) is 0.706. The predicted molar refractivity (Wildman–Crippen MR) is 67.3 cm³/mol. The quantitative estimate of drug-likeness (QED) is 0.554. The van der Waals surface area contributed by atoms with E-state index in [2.05, 4.69) is 17.9 Å². The Balaban J connectivity index is 1.65. The van der Waals surface area contributed by atoms with Gasteiger partial charge in [0.1, 0.15) is 0 Å². The van der Waals surface area contributed by atoms with E-state index >= 15 is 0 Å². The van der Waals surface area contributed by atoms with Gasteiger partial charge in [0.15, 0.2) is 0 Å². The molecule has 4 rings (SSSR count). The minimum Gasteiger partial charge on any atom is -0.315 e. The van der Waals surface area contributed by atoms with E-state index in [1.807, 2.05) is 0 Å². The third kappa shape index (κ3) is 1.95. The van der Waals surface area contributed by atoms with Crippen molar-refractivity contribution < 1.29 is 0 Å². The van der Waals surface area contributed by atoms with Crippen molar-refractivity contribution in [3.8, 4) is 0 Å². The lowest BCUT2D eigenvalue weighted by atomic mass is 9.49. The Morgan fingerprint density at radius 2 is 1.53 bits per heavy atom. The fraction of sp³-hybridized carbons (Fsp3) is 1.00. The average Bonchev–Trinajstić information content (AvgIpc) is 2.15. The van der Waals surface area contributed by atoms with E-state index in [1.165, 1.54) is 25.8 Å². The van der Waals surface area contributed by atoms with Gasteiger partial charge in [-0.1, -0.05) is 0 Å². The van der Waals surface area contributed by atoms with Crippen molar-refractivity contribution in [2.45, 2.75) is 38.5 Å². The van der Waals surface area contributed by atoms with Crippen LogP contribution in [-0.4, -0.2) is 18.8 Å². The van der Waals surface area contributed by atoms with Crippen molar-refractivity contribution in [1.29, 1.82) is 0 Å². The van der Waals surface area contributed by atoms with E-state index < -0.39 is 0 Å². The van der Waals surface area contributed by atoms with Crippen molar-refractivity contribution in [1.82, 2.24) is 5.32 Å². The summed E-state index contributed by atoms with van der Waals surface area (Å²) in [7, 11) is 0. The zero-order valence-corrected chi connectivity index (χ0v) is 10.4. The van der Waals surface area contributed by atoms with Gasteiger partial charge in [-0.15, -0.1) is 0 Å². The summed E-state index contributed by atoms with van der Waals surface area (Å²) < 4.78 is 0. The minimum absolute atomic E-state index is 0.706. The zero-order valence-electron chi connectivity index (χ0n) is 9.54. The zero-order chi connectivity index (χ0) is 10.3. The van der Waals surface area contributed by atoms with Crippen LogP contribution in [0.25, 0.3) is 0 Å². The Bertz CT molecular complexity index is 203. The Hall–Kier alpha value is 0.310. The van der Waals surface area contributed by atoms with Gasteiger partial charge in [0, 0.05) is 18.8 Å². The van der Waals surface area contributed by atoms with E-state index in [-0.39, 0.29) is 0 Å². The highest BCUT2D eigenvalue weighted by Gasteiger charge is 2.50. The second kappa shape index (κ2) is 3.96. The average molecular weight is 225 g/mol. The molecule has 4 aliphatic carbocycles. The van der Waals surface area contributed by atoms with Gasteiger partial charge in [0.05, 0.1) is 0 Å². The molecule has 15 heavy (non-hydrogen) atoms. The number of hydrogen-bond donors (Lipinski definition) is 2. The minimum atomic E-state index is 0.706. The van der Waals surface area contributed by atoms with Crippen LogP contribution in [0.15, 0.2) is 0 Å². The first kappa shape index (κ1) is 10.5. The van der Waals surface area contributed by atoms with Crippen LogP contribution >= 0.6 is 12.6 Å². The highest BCUT2D eigenvalue weighted by molar-refractivity contribution is 7.80. The Morgan fingerprint density at radius 3 is 2.00 bits per heavy atom. The van der Waals surface area contributed by atoms with Crippen LogP contribution in [0.4, 0.5) is 0 Å². The molecule has 4 saturated carbocycles. The molecule has 2 heteroatoms. The van der Waals surface area contributed by atoms with Gasteiger partial charge in [-0.3, -0.25) is 0 Å². The Kier molecular flexibility index (Phi) is 2.76. The summed E-state index contributed by atoms with van der Waals surface area (Å²) >= 11 is 4.27. The third-order valence-corrected chi connectivity index (χ3v) is 5.18. The number of thiol groups is 1. The molecule has 4 fully saturated rings. The van der Waals surface area contributed by atoms with Crippen molar-refractivity contribution in [2.75, 3.05) is 18.8 Å². The van der Waals surface area contributed by atoms with E-state index in [9.17, 15) is 0 Å². The first-order valence-electron chi connectivity index (χ1n) is 6.61. The van der Waals surface area contributed by atoms with Crippen LogP contribution in [0.3, 0.4) is 0 Å². The lowest BCUT2D eigenvalue weighted by molar-refractivity contribution is -0.0509. The van der Waals surface area contributed by atoms with Crippen LogP contribution in [0.5, 0.6) is 0 Å². The largest absolute Gasteiger partial charge is 0.315 e. The summed E-state index contributed by atoms with van der Waals surface area (Å²) in [6.45, 7) is 2.36. The molecule has 0 atom stereocenters. The van der Waals surface area contributed by atoms with Gasteiger partial charge in [0.25, 0.3) is 0 Å². The van der Waals surface area contributed by atoms with Crippen molar-refractivity contribution >= 4 is 12.6 Å². The summed E-state index contributed by atoms with van der Waals surface area (Å²) in [6.07, 6.45) is 9.26. The number of nitrogens with one attached hydrogen (secondary N) is 1. The molecular formula is C13H23NS. The fourth-order valence-electron chi connectivity index (χ4n) is 4.94. The molecule has 4 bridgehead atoms. The summed E-state index contributed by atoms with van der Waals surface area (Å²) in [5.74, 6) is 4.25. The topological polar surface area (TPSA) is 12.0 Å². The van der Waals surface area contributed by atoms with Crippen molar-refractivity contribution in [3.63, 3.8) is 0 Å². The summed E-state index contributed by atoms with van der Waals surface area (Å²) in [4.78, 5) is 0. The maximum absolute atomic E-state index is 4.27. The maximum Gasteiger partial charge on any atom is 0.00399 e. The molecule has 0 amide bonds. The molecule has 0 radical (unpaired) electrons. The molecule has 0 aromatic rings. The second-order valence-corrected chi connectivity index (χ2v) is 6.77. The highest BCUT2D eigenvalue weighted by Crippen LogP contribution is 2.59. The molecule has 1 N–H and O–H groups in total. The van der Waals surface area contributed by atoms with Gasteiger partial charge < -0.3 is 5.32 Å². The van der Waals surface area contributed by atoms with Crippen LogP contribution in [0.1, 0.15) is 38.5 Å². The molecule has 0 heterocycles. The smallest absolute Gasteiger partial charge is 0.00399 e. The van der Waals surface area contributed by atoms with Crippen molar-refractivity contribution in [3.05, 3.63) is 0 Å². The molecular weight excluding hydrogens is 202 g/mol. The second-order valence-electron chi connectivity index (χ2n) is 6.32. The number of rotatable bonds is 4. The fourth-order valence-corrected chi connectivity index (χ4v) is 5.10. The molecule has 0 saturated heterocycles. The van der Waals surface area contributed by atoms with Crippen LogP contribution < -0.4 is 5.32 Å². The van der Waals surface area contributed by atoms with Gasteiger partial charge in [-0.25, -0.2) is 0 Å². The molecule has 86 valence electrons. The van der Waals surface area contributed by atoms with Crippen LogP contribution in [0, 0.1) is 23.2 Å². The maximum atomic E-state index is 4.27. The predicted octanol–water partition coefficient (Wildman–Crippen LogP) is 2.72. The molecule has 1 nitrogen and oxygen atoms in total. The van der Waals surface area contributed by atoms with Gasteiger partial charge in [0.2, 0.25) is 0 Å². The normalized spacial score (nSPS) is 47.4. The lowest BCUT2D eigenvalue weighted by Gasteiger charge is -2.57. The van der Waals surface area contributed by atoms with Crippen LogP contribution in [-0.2, 0) is 0 Å². The summed E-state index contributed by atoms with van der Waals surface area (Å²) in [6, 6.07) is 0. The molecule has 0 unspecified atom stereocenters. The molecule has 0 aromatic heterocycles. The van der Waals surface area contributed by atoms with Gasteiger partial charge in [-0.05, 0) is 61.7 Å². The van der Waals surface area contributed by atoms with Crippen LogP contribution in [0.2, 0.25) is 0 Å². The molecule has 0 spiro atoms. The Morgan fingerprint density at radius 1 is 1.00 bits per heavy atom. The van der Waals surface area contributed by atoms with E-state index in [1.54, 1.807) is 19.3 Å². The summed E-state index contributed by atoms with van der Waals surface area (Å²) in [5, 5.41) is 3.62. The van der Waals surface area contributed by atoms with Crippen molar-refractivity contribution in [2.24, 2.45) is 23.2 Å².